The molecule has 12 heteroatoms. The summed E-state index contributed by atoms with van der Waals surface area (Å²) in [6, 6.07) is -2.90. The highest BCUT2D eigenvalue weighted by atomic mass is 32.1. The molecule has 3 atom stereocenters. The number of carboxylic acid groups (broad SMARTS) is 1. The van der Waals surface area contributed by atoms with E-state index in [1.165, 1.54) is 0 Å². The summed E-state index contributed by atoms with van der Waals surface area (Å²) in [5.74, 6) is -2.99. The van der Waals surface area contributed by atoms with Crippen molar-refractivity contribution in [3.8, 4) is 0 Å². The van der Waals surface area contributed by atoms with Crippen molar-refractivity contribution in [2.75, 3.05) is 24.6 Å². The lowest BCUT2D eigenvalue weighted by Crippen LogP contribution is -2.54. The largest absolute Gasteiger partial charge is 0.480 e. The zero-order chi connectivity index (χ0) is 20.1. The second kappa shape index (κ2) is 13.7. The van der Waals surface area contributed by atoms with Crippen LogP contribution in [-0.4, -0.2) is 71.5 Å². The molecule has 0 bridgehead atoms. The molecule has 26 heavy (non-hydrogen) atoms. The predicted octanol–water partition coefficient (Wildman–Crippen LogP) is -2.53. The Bertz CT molecular complexity index is 494. The molecule has 0 saturated heterocycles. The van der Waals surface area contributed by atoms with E-state index in [9.17, 15) is 19.2 Å². The second-order valence-electron chi connectivity index (χ2n) is 5.49. The number of hydrogen-bond acceptors (Lipinski definition) is 8. The smallest absolute Gasteiger partial charge is 0.327 e. The van der Waals surface area contributed by atoms with Crippen molar-refractivity contribution in [2.45, 2.75) is 37.4 Å². The summed E-state index contributed by atoms with van der Waals surface area (Å²) in [5.41, 5.74) is 11.0. The van der Waals surface area contributed by atoms with Gasteiger partial charge in [0.15, 0.2) is 0 Å². The number of rotatable bonds is 13. The van der Waals surface area contributed by atoms with Crippen LogP contribution in [0.15, 0.2) is 0 Å². The van der Waals surface area contributed by atoms with Gasteiger partial charge in [-0.1, -0.05) is 0 Å². The van der Waals surface area contributed by atoms with Gasteiger partial charge in [-0.2, -0.15) is 25.3 Å². The zero-order valence-corrected chi connectivity index (χ0v) is 16.1. The minimum absolute atomic E-state index is 0.0889. The van der Waals surface area contributed by atoms with E-state index >= 15 is 0 Å². The number of carbonyl (C=O) groups excluding carboxylic acids is 3. The fourth-order valence-corrected chi connectivity index (χ4v) is 2.26. The molecule has 0 aromatic carbocycles. The molecule has 0 rings (SSSR count). The minimum Gasteiger partial charge on any atom is -0.480 e. The molecule has 0 fully saturated rings. The van der Waals surface area contributed by atoms with Gasteiger partial charge in [-0.15, -0.1) is 0 Å². The molecule has 3 amide bonds. The standard InChI is InChI=1S/C14H27N5O5S2/c15-4-2-1-3-9(19-12(21)8(16)6-25)13(22)17-5-11(20)18-10(7-26)14(23)24/h8-10,25-26H,1-7,15-16H2,(H,17,22)(H,18,20)(H,19,21)(H,23,24). The molecule has 0 aromatic heterocycles. The van der Waals surface area contributed by atoms with Crippen LogP contribution in [0.25, 0.3) is 0 Å². The molecule has 0 aromatic rings. The van der Waals surface area contributed by atoms with Gasteiger partial charge in [-0.05, 0) is 25.8 Å². The van der Waals surface area contributed by atoms with E-state index in [0.29, 0.717) is 25.8 Å². The van der Waals surface area contributed by atoms with Crippen molar-refractivity contribution in [2.24, 2.45) is 11.5 Å². The highest BCUT2D eigenvalue weighted by Gasteiger charge is 2.24. The lowest BCUT2D eigenvalue weighted by Gasteiger charge is -2.20. The first-order valence-corrected chi connectivity index (χ1v) is 9.30. The Morgan fingerprint density at radius 2 is 1.62 bits per heavy atom. The van der Waals surface area contributed by atoms with Crippen molar-refractivity contribution in [3.63, 3.8) is 0 Å². The van der Waals surface area contributed by atoms with Gasteiger partial charge in [0.05, 0.1) is 12.6 Å². The normalized spacial score (nSPS) is 14.0. The highest BCUT2D eigenvalue weighted by molar-refractivity contribution is 7.80. The van der Waals surface area contributed by atoms with E-state index < -0.39 is 48.4 Å². The van der Waals surface area contributed by atoms with E-state index in [1.54, 1.807) is 0 Å². The van der Waals surface area contributed by atoms with Gasteiger partial charge in [0.2, 0.25) is 17.7 Å². The van der Waals surface area contributed by atoms with Crippen LogP contribution in [-0.2, 0) is 19.2 Å². The van der Waals surface area contributed by atoms with Gasteiger partial charge >= 0.3 is 5.97 Å². The van der Waals surface area contributed by atoms with Crippen LogP contribution in [0.2, 0.25) is 0 Å². The van der Waals surface area contributed by atoms with Gasteiger partial charge in [-0.3, -0.25) is 14.4 Å². The van der Waals surface area contributed by atoms with Gasteiger partial charge in [0.1, 0.15) is 12.1 Å². The fourth-order valence-electron chi connectivity index (χ4n) is 1.84. The second-order valence-corrected chi connectivity index (χ2v) is 6.22. The summed E-state index contributed by atoms with van der Waals surface area (Å²) >= 11 is 7.76. The van der Waals surface area contributed by atoms with Crippen LogP contribution in [0.4, 0.5) is 0 Å². The fraction of sp³-hybridized carbons (Fsp3) is 0.714. The number of aliphatic carboxylic acids is 1. The Morgan fingerprint density at radius 1 is 0.962 bits per heavy atom. The maximum absolute atomic E-state index is 12.2. The summed E-state index contributed by atoms with van der Waals surface area (Å²) in [4.78, 5) is 46.7. The first kappa shape index (κ1) is 24.5. The van der Waals surface area contributed by atoms with E-state index in [0.717, 1.165) is 0 Å². The Balaban J connectivity index is 4.67. The molecule has 0 aliphatic carbocycles. The molecular formula is C14H27N5O5S2. The number of thiol groups is 2. The van der Waals surface area contributed by atoms with E-state index in [2.05, 4.69) is 41.2 Å². The average molecular weight is 410 g/mol. The van der Waals surface area contributed by atoms with Crippen LogP contribution in [0.3, 0.4) is 0 Å². The third-order valence-electron chi connectivity index (χ3n) is 3.35. The zero-order valence-electron chi connectivity index (χ0n) is 14.3. The Morgan fingerprint density at radius 3 is 2.12 bits per heavy atom. The van der Waals surface area contributed by atoms with Crippen LogP contribution >= 0.6 is 25.3 Å². The van der Waals surface area contributed by atoms with E-state index in [-0.39, 0.29) is 11.5 Å². The van der Waals surface area contributed by atoms with Crippen molar-refractivity contribution >= 4 is 48.9 Å². The first-order chi connectivity index (χ1) is 12.3. The first-order valence-electron chi connectivity index (χ1n) is 8.04. The molecular weight excluding hydrogens is 382 g/mol. The molecule has 150 valence electrons. The molecule has 8 N–H and O–H groups in total. The average Bonchev–Trinajstić information content (AvgIpc) is 2.62. The van der Waals surface area contributed by atoms with Crippen LogP contribution in [0.1, 0.15) is 19.3 Å². The topological polar surface area (TPSA) is 177 Å². The Kier molecular flexibility index (Phi) is 12.9. The van der Waals surface area contributed by atoms with E-state index in [1.807, 2.05) is 0 Å². The third-order valence-corrected chi connectivity index (χ3v) is 4.11. The molecule has 0 aliphatic rings. The van der Waals surface area contributed by atoms with Crippen LogP contribution < -0.4 is 27.4 Å². The number of carboxylic acids is 1. The van der Waals surface area contributed by atoms with Gasteiger partial charge in [0.25, 0.3) is 0 Å². The SMILES string of the molecule is NCCCCC(NC(=O)C(N)CS)C(=O)NCC(=O)NC(CS)C(=O)O. The monoisotopic (exact) mass is 409 g/mol. The summed E-state index contributed by atoms with van der Waals surface area (Å²) in [7, 11) is 0. The third kappa shape index (κ3) is 9.85. The lowest BCUT2D eigenvalue weighted by atomic mass is 10.1. The molecule has 0 saturated carbocycles. The summed E-state index contributed by atoms with van der Waals surface area (Å²) in [6.07, 6.45) is 1.59. The van der Waals surface area contributed by atoms with Crippen molar-refractivity contribution in [1.29, 1.82) is 0 Å². The van der Waals surface area contributed by atoms with Crippen LogP contribution in [0, 0.1) is 0 Å². The van der Waals surface area contributed by atoms with Gasteiger partial charge in [0, 0.05) is 11.5 Å². The maximum Gasteiger partial charge on any atom is 0.327 e. The van der Waals surface area contributed by atoms with Crippen molar-refractivity contribution in [1.82, 2.24) is 16.0 Å². The summed E-state index contributed by atoms with van der Waals surface area (Å²) in [5, 5.41) is 16.0. The molecule has 0 heterocycles. The van der Waals surface area contributed by atoms with Crippen molar-refractivity contribution in [3.05, 3.63) is 0 Å². The number of nitrogens with two attached hydrogens (primary N) is 2. The molecule has 0 spiro atoms. The molecule has 0 radical (unpaired) electrons. The number of carbonyl (C=O) groups is 4. The number of amides is 3. The Hall–Kier alpha value is -1.50. The maximum atomic E-state index is 12.2. The van der Waals surface area contributed by atoms with Gasteiger partial charge in [-0.25, -0.2) is 4.79 Å². The quantitative estimate of drug-likeness (QED) is 0.122. The lowest BCUT2D eigenvalue weighted by molar-refractivity contribution is -0.141. The summed E-state index contributed by atoms with van der Waals surface area (Å²) < 4.78 is 0. The highest BCUT2D eigenvalue weighted by Crippen LogP contribution is 2.02. The van der Waals surface area contributed by atoms with Crippen molar-refractivity contribution < 1.29 is 24.3 Å². The summed E-state index contributed by atoms with van der Waals surface area (Å²) in [6.45, 7) is 0.0133. The van der Waals surface area contributed by atoms with Crippen LogP contribution in [0.5, 0.6) is 0 Å². The van der Waals surface area contributed by atoms with E-state index in [4.69, 9.17) is 16.6 Å². The minimum atomic E-state index is -1.23. The molecule has 3 unspecified atom stereocenters. The number of hydrogen-bond donors (Lipinski definition) is 8. The number of nitrogens with one attached hydrogen (secondary N) is 3. The molecule has 0 aliphatic heterocycles. The van der Waals surface area contributed by atoms with Gasteiger partial charge < -0.3 is 32.5 Å². The molecule has 10 nitrogen and oxygen atoms in total. The Labute approximate surface area is 163 Å². The number of unbranched alkanes of at least 4 members (excludes halogenated alkanes) is 1. The predicted molar refractivity (Wildman–Crippen MR) is 103 cm³/mol.